The molecular weight excluding hydrogens is 383 g/mol. The molecule has 2 aromatic rings. The van der Waals surface area contributed by atoms with Crippen LogP contribution in [0.5, 0.6) is 0 Å². The van der Waals surface area contributed by atoms with Crippen molar-refractivity contribution >= 4 is 23.2 Å². The molecular formula is C23H25FN4O2. The van der Waals surface area contributed by atoms with E-state index >= 15 is 0 Å². The molecule has 7 heteroatoms. The smallest absolute Gasteiger partial charge is 0.272 e. The molecule has 0 bridgehead atoms. The standard InChI is InChI=1S/C23H25FN4O2/c1-15-4-3-5-17(12-15)21-22(30)27-23(26-21)8-10-28(11-9-23)14-20(29)25-18-7-6-16(2)19(24)13-18/h3-7,12-13H,8-11,14H2,1-2H3,(H,25,29)(H,27,30). The number of piperidine rings is 1. The van der Waals surface area contributed by atoms with E-state index in [1.165, 1.54) is 6.07 Å². The van der Waals surface area contributed by atoms with Crippen LogP contribution in [0.25, 0.3) is 0 Å². The number of carbonyl (C=O) groups is 2. The van der Waals surface area contributed by atoms with Gasteiger partial charge in [0.25, 0.3) is 5.91 Å². The van der Waals surface area contributed by atoms with Gasteiger partial charge in [0.15, 0.2) is 0 Å². The third-order valence-corrected chi connectivity index (χ3v) is 5.68. The van der Waals surface area contributed by atoms with Crippen molar-refractivity contribution in [1.82, 2.24) is 10.2 Å². The van der Waals surface area contributed by atoms with Crippen molar-refractivity contribution in [2.75, 3.05) is 25.0 Å². The molecule has 0 radical (unpaired) electrons. The van der Waals surface area contributed by atoms with E-state index in [1.54, 1.807) is 19.1 Å². The molecule has 2 aliphatic heterocycles. The average Bonchev–Trinajstić information content (AvgIpc) is 3.03. The van der Waals surface area contributed by atoms with Crippen molar-refractivity contribution < 1.29 is 14.0 Å². The molecule has 2 heterocycles. The Bertz CT molecular complexity index is 1030. The second kappa shape index (κ2) is 7.99. The number of nitrogens with one attached hydrogen (secondary N) is 2. The number of halogens is 1. The second-order valence-electron chi connectivity index (χ2n) is 8.10. The zero-order chi connectivity index (χ0) is 21.3. The molecule has 1 saturated heterocycles. The molecule has 6 nitrogen and oxygen atoms in total. The number of aliphatic imine (C=N–C) groups is 1. The summed E-state index contributed by atoms with van der Waals surface area (Å²) in [7, 11) is 0. The molecule has 156 valence electrons. The Morgan fingerprint density at radius 1 is 1.20 bits per heavy atom. The minimum atomic E-state index is -0.594. The Labute approximate surface area is 175 Å². The highest BCUT2D eigenvalue weighted by Gasteiger charge is 2.42. The first kappa shape index (κ1) is 20.2. The van der Waals surface area contributed by atoms with E-state index in [-0.39, 0.29) is 24.2 Å². The molecule has 1 fully saturated rings. The van der Waals surface area contributed by atoms with E-state index in [2.05, 4.69) is 10.6 Å². The van der Waals surface area contributed by atoms with Crippen LogP contribution in [-0.2, 0) is 9.59 Å². The maximum Gasteiger partial charge on any atom is 0.272 e. The van der Waals surface area contributed by atoms with Crippen molar-refractivity contribution in [1.29, 1.82) is 0 Å². The largest absolute Gasteiger partial charge is 0.326 e. The number of amides is 2. The van der Waals surface area contributed by atoms with Crippen molar-refractivity contribution in [3.63, 3.8) is 0 Å². The van der Waals surface area contributed by atoms with Gasteiger partial charge >= 0.3 is 0 Å². The number of hydrogen-bond acceptors (Lipinski definition) is 4. The topological polar surface area (TPSA) is 73.8 Å². The van der Waals surface area contributed by atoms with Gasteiger partial charge in [-0.25, -0.2) is 4.39 Å². The van der Waals surface area contributed by atoms with E-state index in [9.17, 15) is 14.0 Å². The number of benzene rings is 2. The number of anilines is 1. The monoisotopic (exact) mass is 408 g/mol. The Kier molecular flexibility index (Phi) is 5.39. The molecule has 2 amide bonds. The zero-order valence-corrected chi connectivity index (χ0v) is 17.2. The number of rotatable bonds is 4. The van der Waals surface area contributed by atoms with Crippen LogP contribution in [0.1, 0.15) is 29.5 Å². The van der Waals surface area contributed by atoms with E-state index in [4.69, 9.17) is 4.99 Å². The zero-order valence-electron chi connectivity index (χ0n) is 17.2. The lowest BCUT2D eigenvalue weighted by Gasteiger charge is -2.36. The van der Waals surface area contributed by atoms with E-state index in [0.717, 1.165) is 11.1 Å². The second-order valence-corrected chi connectivity index (χ2v) is 8.10. The highest BCUT2D eigenvalue weighted by Crippen LogP contribution is 2.29. The predicted octanol–water partition coefficient (Wildman–Crippen LogP) is 2.79. The van der Waals surface area contributed by atoms with Gasteiger partial charge < -0.3 is 10.6 Å². The van der Waals surface area contributed by atoms with Crippen molar-refractivity contribution in [2.45, 2.75) is 32.4 Å². The molecule has 2 aliphatic rings. The van der Waals surface area contributed by atoms with Gasteiger partial charge in [-0.3, -0.25) is 19.5 Å². The Morgan fingerprint density at radius 2 is 1.97 bits per heavy atom. The van der Waals surface area contributed by atoms with Crippen LogP contribution in [0.15, 0.2) is 47.5 Å². The summed E-state index contributed by atoms with van der Waals surface area (Å²) >= 11 is 0. The number of nitrogens with zero attached hydrogens (tertiary/aromatic N) is 2. The minimum Gasteiger partial charge on any atom is -0.326 e. The fourth-order valence-electron chi connectivity index (χ4n) is 3.94. The number of likely N-dealkylation sites (tertiary alicyclic amines) is 1. The van der Waals surface area contributed by atoms with Crippen molar-refractivity contribution in [3.8, 4) is 0 Å². The molecule has 0 aliphatic carbocycles. The van der Waals surface area contributed by atoms with Gasteiger partial charge in [-0.1, -0.05) is 29.8 Å². The van der Waals surface area contributed by atoms with Crippen molar-refractivity contribution in [2.24, 2.45) is 4.99 Å². The lowest BCUT2D eigenvalue weighted by molar-refractivity contribution is -0.119. The SMILES string of the molecule is Cc1cccc(C2=NC3(CCN(CC(=O)Nc4ccc(C)c(F)c4)CC3)NC2=O)c1. The van der Waals surface area contributed by atoms with Crippen LogP contribution in [0, 0.1) is 19.7 Å². The molecule has 0 saturated carbocycles. The first-order chi connectivity index (χ1) is 14.3. The lowest BCUT2D eigenvalue weighted by Crippen LogP contribution is -2.52. The molecule has 1 spiro atoms. The van der Waals surface area contributed by atoms with Crippen LogP contribution in [-0.4, -0.2) is 47.7 Å². The summed E-state index contributed by atoms with van der Waals surface area (Å²) < 4.78 is 13.7. The Morgan fingerprint density at radius 3 is 2.67 bits per heavy atom. The van der Waals surface area contributed by atoms with E-state index < -0.39 is 5.66 Å². The average molecular weight is 408 g/mol. The van der Waals surface area contributed by atoms with Crippen LogP contribution >= 0.6 is 0 Å². The molecule has 2 N–H and O–H groups in total. The molecule has 30 heavy (non-hydrogen) atoms. The van der Waals surface area contributed by atoms with Gasteiger partial charge in [0.1, 0.15) is 17.2 Å². The van der Waals surface area contributed by atoms with E-state index in [0.29, 0.717) is 42.9 Å². The van der Waals surface area contributed by atoms with Crippen LogP contribution in [0.4, 0.5) is 10.1 Å². The lowest BCUT2D eigenvalue weighted by atomic mass is 9.98. The van der Waals surface area contributed by atoms with Gasteiger partial charge in [-0.2, -0.15) is 0 Å². The van der Waals surface area contributed by atoms with Gasteiger partial charge in [-0.15, -0.1) is 0 Å². The third kappa shape index (κ3) is 4.26. The Hall–Kier alpha value is -3.06. The maximum absolute atomic E-state index is 13.7. The quantitative estimate of drug-likeness (QED) is 0.817. The van der Waals surface area contributed by atoms with Crippen LogP contribution in [0.2, 0.25) is 0 Å². The van der Waals surface area contributed by atoms with Gasteiger partial charge in [0.2, 0.25) is 5.91 Å². The Balaban J connectivity index is 1.36. The summed E-state index contributed by atoms with van der Waals surface area (Å²) in [5.74, 6) is -0.672. The van der Waals surface area contributed by atoms with E-state index in [1.807, 2.05) is 36.1 Å². The predicted molar refractivity (Wildman–Crippen MR) is 114 cm³/mol. The minimum absolute atomic E-state index is 0.145. The first-order valence-corrected chi connectivity index (χ1v) is 10.1. The van der Waals surface area contributed by atoms with Gasteiger partial charge in [-0.05, 0) is 37.6 Å². The number of aryl methyl sites for hydroxylation is 2. The summed E-state index contributed by atoms with van der Waals surface area (Å²) in [6.45, 7) is 5.16. The molecule has 0 aromatic heterocycles. The van der Waals surface area contributed by atoms with Gasteiger partial charge in [0.05, 0.1) is 6.54 Å². The third-order valence-electron chi connectivity index (χ3n) is 5.68. The molecule has 0 atom stereocenters. The summed E-state index contributed by atoms with van der Waals surface area (Å²) in [6, 6.07) is 12.4. The fraction of sp³-hybridized carbons (Fsp3) is 0.348. The van der Waals surface area contributed by atoms with Crippen LogP contribution in [0.3, 0.4) is 0 Å². The molecule has 4 rings (SSSR count). The summed E-state index contributed by atoms with van der Waals surface area (Å²) in [5, 5.41) is 5.79. The maximum atomic E-state index is 13.7. The summed E-state index contributed by atoms with van der Waals surface area (Å²) in [4.78, 5) is 31.6. The number of carbonyl (C=O) groups excluding carboxylic acids is 2. The van der Waals surface area contributed by atoms with Crippen molar-refractivity contribution in [3.05, 3.63) is 65.0 Å². The summed E-state index contributed by atoms with van der Waals surface area (Å²) in [6.07, 6.45) is 1.28. The van der Waals surface area contributed by atoms with Gasteiger partial charge in [0, 0.05) is 37.2 Å². The number of hydrogen-bond donors (Lipinski definition) is 2. The first-order valence-electron chi connectivity index (χ1n) is 10.1. The summed E-state index contributed by atoms with van der Waals surface area (Å²) in [5.41, 5.74) is 2.79. The highest BCUT2D eigenvalue weighted by atomic mass is 19.1. The van der Waals surface area contributed by atoms with Crippen LogP contribution < -0.4 is 10.6 Å². The molecule has 2 aromatic carbocycles. The highest BCUT2D eigenvalue weighted by molar-refractivity contribution is 6.46. The molecule has 0 unspecified atom stereocenters. The normalized spacial score (nSPS) is 18.2. The fourth-order valence-corrected chi connectivity index (χ4v) is 3.94.